The number of imidazole rings is 1. The van der Waals surface area contributed by atoms with E-state index in [9.17, 15) is 9.90 Å². The molecule has 0 aliphatic heterocycles. The van der Waals surface area contributed by atoms with E-state index >= 15 is 0 Å². The van der Waals surface area contributed by atoms with E-state index in [1.807, 2.05) is 28.8 Å². The number of benzene rings is 2. The van der Waals surface area contributed by atoms with E-state index in [1.165, 1.54) is 0 Å². The van der Waals surface area contributed by atoms with Crippen LogP contribution in [-0.4, -0.2) is 20.6 Å². The average molecular weight is 267 g/mol. The van der Waals surface area contributed by atoms with E-state index < -0.39 is 5.91 Å². The van der Waals surface area contributed by atoms with Gasteiger partial charge in [0.2, 0.25) is 5.91 Å². The lowest BCUT2D eigenvalue weighted by atomic mass is 10.2. The number of primary amides is 1. The molecule has 0 saturated carbocycles. The molecule has 1 heterocycles. The molecule has 0 saturated heterocycles. The van der Waals surface area contributed by atoms with Crippen molar-refractivity contribution in [3.63, 3.8) is 0 Å². The monoisotopic (exact) mass is 267 g/mol. The summed E-state index contributed by atoms with van der Waals surface area (Å²) >= 11 is 0. The van der Waals surface area contributed by atoms with Gasteiger partial charge in [0.25, 0.3) is 0 Å². The van der Waals surface area contributed by atoms with Crippen LogP contribution < -0.4 is 5.73 Å². The topological polar surface area (TPSA) is 81.1 Å². The Morgan fingerprint density at radius 1 is 1.15 bits per heavy atom. The summed E-state index contributed by atoms with van der Waals surface area (Å²) in [6.45, 7) is -0.160. The van der Waals surface area contributed by atoms with Gasteiger partial charge >= 0.3 is 0 Å². The number of carbonyl (C=O) groups is 1. The van der Waals surface area contributed by atoms with Crippen LogP contribution in [0.3, 0.4) is 0 Å². The molecule has 3 aromatic rings. The van der Waals surface area contributed by atoms with Gasteiger partial charge in [-0.05, 0) is 36.4 Å². The number of nitrogens with zero attached hydrogens (tertiary/aromatic N) is 2. The van der Waals surface area contributed by atoms with E-state index in [-0.39, 0.29) is 6.61 Å². The largest absolute Gasteiger partial charge is 0.388 e. The van der Waals surface area contributed by atoms with E-state index in [1.54, 1.807) is 24.3 Å². The maximum Gasteiger partial charge on any atom is 0.248 e. The van der Waals surface area contributed by atoms with Gasteiger partial charge in [-0.1, -0.05) is 12.1 Å². The number of carbonyl (C=O) groups excluding carboxylic acids is 1. The Morgan fingerprint density at radius 3 is 2.50 bits per heavy atom. The fourth-order valence-corrected chi connectivity index (χ4v) is 2.24. The molecule has 2 aromatic carbocycles. The molecule has 100 valence electrons. The lowest BCUT2D eigenvalue weighted by Gasteiger charge is -2.08. The van der Waals surface area contributed by atoms with Crippen LogP contribution >= 0.6 is 0 Å². The Hall–Kier alpha value is -2.66. The first-order valence-corrected chi connectivity index (χ1v) is 6.18. The summed E-state index contributed by atoms with van der Waals surface area (Å²) in [6, 6.07) is 14.5. The van der Waals surface area contributed by atoms with Crippen molar-refractivity contribution in [3.8, 4) is 5.69 Å². The molecule has 0 atom stereocenters. The number of aromatic nitrogens is 2. The molecule has 0 aliphatic rings. The maximum atomic E-state index is 11.1. The van der Waals surface area contributed by atoms with Gasteiger partial charge in [0.15, 0.2) is 0 Å². The number of para-hydroxylation sites is 2. The van der Waals surface area contributed by atoms with Crippen molar-refractivity contribution >= 4 is 16.9 Å². The zero-order chi connectivity index (χ0) is 14.1. The average Bonchev–Trinajstić information content (AvgIpc) is 2.85. The molecular weight excluding hydrogens is 254 g/mol. The summed E-state index contributed by atoms with van der Waals surface area (Å²) < 4.78 is 1.86. The summed E-state index contributed by atoms with van der Waals surface area (Å²) in [6.07, 6.45) is 0. The second-order valence-electron chi connectivity index (χ2n) is 4.42. The fraction of sp³-hybridized carbons (Fsp3) is 0.0667. The van der Waals surface area contributed by atoms with Crippen LogP contribution in [0.5, 0.6) is 0 Å². The van der Waals surface area contributed by atoms with E-state index in [0.29, 0.717) is 11.4 Å². The van der Waals surface area contributed by atoms with Gasteiger partial charge in [-0.2, -0.15) is 0 Å². The predicted octanol–water partition coefficient (Wildman–Crippen LogP) is 1.62. The Morgan fingerprint density at radius 2 is 1.85 bits per heavy atom. The molecular formula is C15H13N3O2. The van der Waals surface area contributed by atoms with Gasteiger partial charge in [-0.15, -0.1) is 0 Å². The zero-order valence-corrected chi connectivity index (χ0v) is 10.7. The van der Waals surface area contributed by atoms with Crippen LogP contribution in [0.25, 0.3) is 16.7 Å². The third-order valence-electron chi connectivity index (χ3n) is 3.18. The molecule has 1 aromatic heterocycles. The van der Waals surface area contributed by atoms with Crippen LogP contribution in [-0.2, 0) is 6.61 Å². The highest BCUT2D eigenvalue weighted by atomic mass is 16.3. The summed E-state index contributed by atoms with van der Waals surface area (Å²) in [7, 11) is 0. The number of hydrogen-bond acceptors (Lipinski definition) is 3. The number of hydrogen-bond donors (Lipinski definition) is 2. The van der Waals surface area contributed by atoms with E-state index in [2.05, 4.69) is 4.98 Å². The minimum absolute atomic E-state index is 0.160. The quantitative estimate of drug-likeness (QED) is 0.756. The highest BCUT2D eigenvalue weighted by Gasteiger charge is 2.11. The number of aliphatic hydroxyl groups excluding tert-OH is 1. The molecule has 0 aliphatic carbocycles. The summed E-state index contributed by atoms with van der Waals surface area (Å²) in [4.78, 5) is 15.5. The highest BCUT2D eigenvalue weighted by Crippen LogP contribution is 2.21. The molecule has 0 unspecified atom stereocenters. The van der Waals surface area contributed by atoms with Crippen LogP contribution in [0.2, 0.25) is 0 Å². The Balaban J connectivity index is 2.20. The summed E-state index contributed by atoms with van der Waals surface area (Å²) in [5.41, 5.74) is 8.23. The van der Waals surface area contributed by atoms with Gasteiger partial charge in [-0.3, -0.25) is 9.36 Å². The minimum Gasteiger partial charge on any atom is -0.388 e. The zero-order valence-electron chi connectivity index (χ0n) is 10.7. The van der Waals surface area contributed by atoms with Crippen molar-refractivity contribution in [2.45, 2.75) is 6.61 Å². The highest BCUT2D eigenvalue weighted by molar-refractivity contribution is 5.93. The molecule has 3 rings (SSSR count). The second kappa shape index (κ2) is 4.79. The Bertz CT molecular complexity index is 775. The minimum atomic E-state index is -0.463. The molecule has 0 radical (unpaired) electrons. The van der Waals surface area contributed by atoms with E-state index in [4.69, 9.17) is 5.73 Å². The molecule has 5 heteroatoms. The van der Waals surface area contributed by atoms with Gasteiger partial charge in [0.1, 0.15) is 12.4 Å². The number of amides is 1. The first-order valence-electron chi connectivity index (χ1n) is 6.18. The molecule has 1 amide bonds. The van der Waals surface area contributed by atoms with Crippen molar-refractivity contribution in [1.29, 1.82) is 0 Å². The molecule has 5 nitrogen and oxygen atoms in total. The van der Waals surface area contributed by atoms with Gasteiger partial charge in [-0.25, -0.2) is 4.98 Å². The molecule has 0 bridgehead atoms. The van der Waals surface area contributed by atoms with Crippen LogP contribution in [0, 0.1) is 0 Å². The number of fused-ring (bicyclic) bond motifs is 1. The van der Waals surface area contributed by atoms with Crippen LogP contribution in [0.15, 0.2) is 48.5 Å². The molecule has 0 fully saturated rings. The third-order valence-corrected chi connectivity index (χ3v) is 3.18. The maximum absolute atomic E-state index is 11.1. The van der Waals surface area contributed by atoms with Gasteiger partial charge < -0.3 is 10.8 Å². The Kier molecular flexibility index (Phi) is 2.96. The second-order valence-corrected chi connectivity index (χ2v) is 4.42. The number of rotatable bonds is 3. The SMILES string of the molecule is NC(=O)c1ccc(-n2c(CO)nc3ccccc32)cc1. The summed E-state index contributed by atoms with van der Waals surface area (Å²) in [5, 5.41) is 9.47. The number of aliphatic hydroxyl groups is 1. The van der Waals surface area contributed by atoms with Crippen molar-refractivity contribution < 1.29 is 9.90 Å². The van der Waals surface area contributed by atoms with Gasteiger partial charge in [0.05, 0.1) is 11.0 Å². The van der Waals surface area contributed by atoms with Crippen LogP contribution in [0.4, 0.5) is 0 Å². The number of nitrogens with two attached hydrogens (primary N) is 1. The van der Waals surface area contributed by atoms with Gasteiger partial charge in [0, 0.05) is 11.3 Å². The van der Waals surface area contributed by atoms with Crippen molar-refractivity contribution in [1.82, 2.24) is 9.55 Å². The van der Waals surface area contributed by atoms with Crippen molar-refractivity contribution in [2.24, 2.45) is 5.73 Å². The van der Waals surface area contributed by atoms with Crippen molar-refractivity contribution in [3.05, 3.63) is 59.9 Å². The molecule has 0 spiro atoms. The standard InChI is InChI=1S/C15H13N3O2/c16-15(20)10-5-7-11(8-6-10)18-13-4-2-1-3-12(13)17-14(18)9-19/h1-8,19H,9H2,(H2,16,20). The van der Waals surface area contributed by atoms with Crippen LogP contribution in [0.1, 0.15) is 16.2 Å². The third kappa shape index (κ3) is 1.94. The molecule has 20 heavy (non-hydrogen) atoms. The fourth-order valence-electron chi connectivity index (χ4n) is 2.24. The molecule has 3 N–H and O–H groups in total. The smallest absolute Gasteiger partial charge is 0.248 e. The normalized spacial score (nSPS) is 10.8. The Labute approximate surface area is 115 Å². The van der Waals surface area contributed by atoms with E-state index in [0.717, 1.165) is 16.7 Å². The lowest BCUT2D eigenvalue weighted by molar-refractivity contribution is 0.100. The first-order chi connectivity index (χ1) is 9.70. The first kappa shape index (κ1) is 12.4. The summed E-state index contributed by atoms with van der Waals surface area (Å²) in [5.74, 6) is 0.0902. The predicted molar refractivity (Wildman–Crippen MR) is 75.5 cm³/mol. The van der Waals surface area contributed by atoms with Crippen molar-refractivity contribution in [2.75, 3.05) is 0 Å². The lowest BCUT2D eigenvalue weighted by Crippen LogP contribution is -2.11.